The van der Waals surface area contributed by atoms with E-state index < -0.39 is 23.4 Å². The molecule has 0 atom stereocenters. The van der Waals surface area contributed by atoms with Crippen LogP contribution in [-0.4, -0.2) is 47.3 Å². The number of carbonyl (C=O) groups is 3. The van der Waals surface area contributed by atoms with Crippen LogP contribution in [0.2, 0.25) is 0 Å². The second kappa shape index (κ2) is 12.5. The predicted octanol–water partition coefficient (Wildman–Crippen LogP) is 6.21. The smallest absolute Gasteiger partial charge is 0.360 e. The maximum atomic E-state index is 13.3. The molecule has 0 spiro atoms. The van der Waals surface area contributed by atoms with Gasteiger partial charge in [-0.25, -0.2) is 4.79 Å². The number of aromatic nitrogens is 2. The van der Waals surface area contributed by atoms with Crippen LogP contribution in [0.25, 0.3) is 10.9 Å². The minimum atomic E-state index is -0.657. The Morgan fingerprint density at radius 3 is 2.41 bits per heavy atom. The van der Waals surface area contributed by atoms with E-state index in [0.29, 0.717) is 45.9 Å². The zero-order valence-electron chi connectivity index (χ0n) is 23.8. The standard InChI is InChI=1S/C31H34N4O6/c1-6-7-16-40-26-18-20(39-5)13-15-23(26)29(37)33-24-11-9-8-10-22(24)28(36)32-19-12-14-21-25(17-19)34-35-27(21)30(38)41-31(2,3)4/h8-15,17-18H,6-7,16H2,1-5H3,(H,32,36)(H,33,37)(H,34,35). The lowest BCUT2D eigenvalue weighted by Gasteiger charge is -2.18. The van der Waals surface area contributed by atoms with Gasteiger partial charge in [-0.2, -0.15) is 5.10 Å². The van der Waals surface area contributed by atoms with Crippen LogP contribution in [-0.2, 0) is 4.74 Å². The summed E-state index contributed by atoms with van der Waals surface area (Å²) in [5.74, 6) is -0.425. The van der Waals surface area contributed by atoms with Crippen molar-refractivity contribution in [2.24, 2.45) is 0 Å². The second-order valence-electron chi connectivity index (χ2n) is 10.4. The fourth-order valence-electron chi connectivity index (χ4n) is 4.02. The molecular weight excluding hydrogens is 524 g/mol. The van der Waals surface area contributed by atoms with E-state index in [1.54, 1.807) is 88.5 Å². The van der Waals surface area contributed by atoms with E-state index >= 15 is 0 Å². The van der Waals surface area contributed by atoms with E-state index in [0.717, 1.165) is 12.8 Å². The summed E-state index contributed by atoms with van der Waals surface area (Å²) in [6, 6.07) is 16.7. The molecule has 3 aromatic carbocycles. The van der Waals surface area contributed by atoms with Gasteiger partial charge in [0.25, 0.3) is 11.8 Å². The van der Waals surface area contributed by atoms with Crippen LogP contribution in [0, 0.1) is 0 Å². The topological polar surface area (TPSA) is 132 Å². The number of anilines is 2. The van der Waals surface area contributed by atoms with E-state index in [2.05, 4.69) is 27.8 Å². The number of amides is 2. The molecule has 1 heterocycles. The normalized spacial score (nSPS) is 11.1. The van der Waals surface area contributed by atoms with Crippen LogP contribution in [0.5, 0.6) is 11.5 Å². The summed E-state index contributed by atoms with van der Waals surface area (Å²) in [6.45, 7) is 7.86. The van der Waals surface area contributed by atoms with Gasteiger partial charge in [-0.15, -0.1) is 0 Å². The summed E-state index contributed by atoms with van der Waals surface area (Å²) in [5, 5.41) is 13.2. The minimum Gasteiger partial charge on any atom is -0.497 e. The number of fused-ring (bicyclic) bond motifs is 1. The summed E-state index contributed by atoms with van der Waals surface area (Å²) < 4.78 is 16.6. The van der Waals surface area contributed by atoms with Crippen LogP contribution in [0.1, 0.15) is 71.7 Å². The molecule has 2 amide bonds. The summed E-state index contributed by atoms with van der Waals surface area (Å²) in [4.78, 5) is 39.1. The number of carbonyl (C=O) groups excluding carboxylic acids is 3. The van der Waals surface area contributed by atoms with Gasteiger partial charge >= 0.3 is 5.97 Å². The first-order valence-electron chi connectivity index (χ1n) is 13.3. The third-order valence-electron chi connectivity index (χ3n) is 6.02. The summed E-state index contributed by atoms with van der Waals surface area (Å²) in [7, 11) is 1.55. The molecule has 0 aliphatic rings. The largest absolute Gasteiger partial charge is 0.497 e. The summed E-state index contributed by atoms with van der Waals surface area (Å²) in [5.41, 5.74) is 1.46. The number of nitrogens with one attached hydrogen (secondary N) is 3. The van der Waals surface area contributed by atoms with Crippen molar-refractivity contribution >= 4 is 40.1 Å². The average molecular weight is 559 g/mol. The molecular formula is C31H34N4O6. The lowest BCUT2D eigenvalue weighted by Crippen LogP contribution is -2.24. The van der Waals surface area contributed by atoms with Crippen molar-refractivity contribution in [3.63, 3.8) is 0 Å². The number of aromatic amines is 1. The predicted molar refractivity (Wildman–Crippen MR) is 157 cm³/mol. The molecule has 0 saturated carbocycles. The van der Waals surface area contributed by atoms with Crippen LogP contribution in [0.4, 0.5) is 11.4 Å². The van der Waals surface area contributed by atoms with E-state index in [-0.39, 0.29) is 11.3 Å². The Bertz CT molecular complexity index is 1570. The minimum absolute atomic E-state index is 0.164. The van der Waals surface area contributed by atoms with Crippen molar-refractivity contribution in [3.8, 4) is 11.5 Å². The number of hydrogen-bond acceptors (Lipinski definition) is 7. The van der Waals surface area contributed by atoms with Gasteiger partial charge in [0.15, 0.2) is 5.69 Å². The maximum absolute atomic E-state index is 13.3. The van der Waals surface area contributed by atoms with Crippen molar-refractivity contribution in [1.82, 2.24) is 10.2 Å². The molecule has 0 radical (unpaired) electrons. The molecule has 10 nitrogen and oxygen atoms in total. The maximum Gasteiger partial charge on any atom is 0.360 e. The second-order valence-corrected chi connectivity index (χ2v) is 10.4. The molecule has 3 N–H and O–H groups in total. The van der Waals surface area contributed by atoms with Crippen molar-refractivity contribution in [1.29, 1.82) is 0 Å². The number of hydrogen-bond donors (Lipinski definition) is 3. The van der Waals surface area contributed by atoms with Crippen LogP contribution in [0.3, 0.4) is 0 Å². The van der Waals surface area contributed by atoms with Crippen LogP contribution >= 0.6 is 0 Å². The van der Waals surface area contributed by atoms with Crippen LogP contribution < -0.4 is 20.1 Å². The number of H-pyrrole nitrogens is 1. The summed E-state index contributed by atoms with van der Waals surface area (Å²) in [6.07, 6.45) is 1.79. The third kappa shape index (κ3) is 7.21. The molecule has 0 fully saturated rings. The highest BCUT2D eigenvalue weighted by Crippen LogP contribution is 2.28. The zero-order chi connectivity index (χ0) is 29.6. The molecule has 4 rings (SSSR count). The first kappa shape index (κ1) is 29.1. The van der Waals surface area contributed by atoms with Crippen molar-refractivity contribution in [2.75, 3.05) is 24.4 Å². The van der Waals surface area contributed by atoms with Gasteiger partial charge < -0.3 is 24.8 Å². The fraction of sp³-hybridized carbons (Fsp3) is 0.290. The Hall–Kier alpha value is -4.86. The number of nitrogens with zero attached hydrogens (tertiary/aromatic N) is 1. The highest BCUT2D eigenvalue weighted by molar-refractivity contribution is 6.13. The SMILES string of the molecule is CCCCOc1cc(OC)ccc1C(=O)Nc1ccccc1C(=O)Nc1ccc2c(C(=O)OC(C)(C)C)n[nH]c2c1. The average Bonchev–Trinajstić information content (AvgIpc) is 3.36. The van der Waals surface area contributed by atoms with Crippen molar-refractivity contribution in [3.05, 3.63) is 77.5 Å². The van der Waals surface area contributed by atoms with E-state index in [1.807, 2.05) is 0 Å². The third-order valence-corrected chi connectivity index (χ3v) is 6.02. The number of rotatable bonds is 10. The van der Waals surface area contributed by atoms with Gasteiger partial charge in [0.1, 0.15) is 17.1 Å². The fourth-order valence-corrected chi connectivity index (χ4v) is 4.02. The Kier molecular flexibility index (Phi) is 8.91. The summed E-state index contributed by atoms with van der Waals surface area (Å²) >= 11 is 0. The molecule has 0 aliphatic heterocycles. The zero-order valence-corrected chi connectivity index (χ0v) is 23.8. The quantitative estimate of drug-likeness (QED) is 0.156. The Balaban J connectivity index is 1.52. The van der Waals surface area contributed by atoms with Crippen molar-refractivity contribution < 1.29 is 28.6 Å². The first-order chi connectivity index (χ1) is 19.6. The van der Waals surface area contributed by atoms with Gasteiger partial charge in [-0.05, 0) is 69.7 Å². The molecule has 1 aromatic heterocycles. The number of unbranched alkanes of at least 4 members (excludes halogenated alkanes) is 1. The number of ether oxygens (including phenoxy) is 3. The molecule has 0 bridgehead atoms. The van der Waals surface area contributed by atoms with E-state index in [1.165, 1.54) is 0 Å². The molecule has 0 saturated heterocycles. The first-order valence-corrected chi connectivity index (χ1v) is 13.3. The molecule has 0 unspecified atom stereocenters. The highest BCUT2D eigenvalue weighted by atomic mass is 16.6. The van der Waals surface area contributed by atoms with Gasteiger partial charge in [0, 0.05) is 17.1 Å². The number of benzene rings is 3. The molecule has 41 heavy (non-hydrogen) atoms. The van der Waals surface area contributed by atoms with Gasteiger partial charge in [0.05, 0.1) is 36.0 Å². The lowest BCUT2D eigenvalue weighted by molar-refractivity contribution is 0.00648. The number of para-hydroxylation sites is 1. The molecule has 214 valence electrons. The van der Waals surface area contributed by atoms with Crippen LogP contribution in [0.15, 0.2) is 60.7 Å². The van der Waals surface area contributed by atoms with Crippen molar-refractivity contribution in [2.45, 2.75) is 46.1 Å². The molecule has 4 aromatic rings. The molecule has 10 heteroatoms. The molecule has 0 aliphatic carbocycles. The number of methoxy groups -OCH3 is 1. The van der Waals surface area contributed by atoms with Gasteiger partial charge in [-0.1, -0.05) is 25.5 Å². The van der Waals surface area contributed by atoms with E-state index in [4.69, 9.17) is 14.2 Å². The van der Waals surface area contributed by atoms with Gasteiger partial charge in [0.2, 0.25) is 0 Å². The monoisotopic (exact) mass is 558 g/mol. The Morgan fingerprint density at radius 1 is 0.927 bits per heavy atom. The van der Waals surface area contributed by atoms with Gasteiger partial charge in [-0.3, -0.25) is 14.7 Å². The number of esters is 1. The Morgan fingerprint density at radius 2 is 1.68 bits per heavy atom. The highest BCUT2D eigenvalue weighted by Gasteiger charge is 2.23. The Labute approximate surface area is 238 Å². The lowest BCUT2D eigenvalue weighted by atomic mass is 10.1. The van der Waals surface area contributed by atoms with E-state index in [9.17, 15) is 14.4 Å².